The molecule has 2 aliphatic carbocycles. The monoisotopic (exact) mass is 731 g/mol. The third kappa shape index (κ3) is 7.13. The Balaban J connectivity index is 0.000000535. The Kier molecular flexibility index (Phi) is 8.81. The molecule has 7 rings (SSSR count). The van der Waals surface area contributed by atoms with Gasteiger partial charge in [-0.05, 0) is 0 Å². The molecule has 45 heavy (non-hydrogen) atoms. The first-order valence-corrected chi connectivity index (χ1v) is 15.9. The summed E-state index contributed by atoms with van der Waals surface area (Å²) >= 11 is -1.76. The van der Waals surface area contributed by atoms with Crippen molar-refractivity contribution in [2.75, 3.05) is 0 Å². The van der Waals surface area contributed by atoms with E-state index < -0.39 is 47.2 Å². The predicted octanol–water partition coefficient (Wildman–Crippen LogP) is 7.10. The van der Waals surface area contributed by atoms with E-state index in [-0.39, 0.29) is 22.6 Å². The number of halogens is 7. The molecule has 0 aliphatic heterocycles. The number of hydrogen-bond acceptors (Lipinski definition) is 2. The van der Waals surface area contributed by atoms with Crippen LogP contribution in [0.1, 0.15) is 33.4 Å². The van der Waals surface area contributed by atoms with Gasteiger partial charge in [-0.25, -0.2) is 0 Å². The molecule has 5 aromatic rings. The average Bonchev–Trinajstić information content (AvgIpc) is 3.57. The second-order valence-corrected chi connectivity index (χ2v) is 12.0. The number of rotatable bonds is 6. The van der Waals surface area contributed by atoms with Gasteiger partial charge in [-0.3, -0.25) is 0 Å². The zero-order chi connectivity index (χ0) is 31.6. The Morgan fingerprint density at radius 2 is 0.844 bits per heavy atom. The molecule has 0 N–H and O–H groups in total. The maximum atomic E-state index is 13.4. The second-order valence-electron chi connectivity index (χ2n) is 10.8. The predicted molar refractivity (Wildman–Crippen MR) is 157 cm³/mol. The third-order valence-corrected chi connectivity index (χ3v) is 8.94. The van der Waals surface area contributed by atoms with Crippen molar-refractivity contribution in [3.8, 4) is 33.8 Å². The largest absolute Gasteiger partial charge is 0.0623 e. The molecule has 0 heterocycles. The third-order valence-electron chi connectivity index (χ3n) is 7.70. The van der Waals surface area contributed by atoms with E-state index in [4.69, 9.17) is 6.13 Å². The summed E-state index contributed by atoms with van der Waals surface area (Å²) in [6.45, 7) is 0. The molecule has 0 saturated heterocycles. The quantitative estimate of drug-likeness (QED) is 0.134. The van der Waals surface area contributed by atoms with Crippen molar-refractivity contribution in [3.05, 3.63) is 143 Å². The van der Waals surface area contributed by atoms with Gasteiger partial charge in [-0.2, -0.15) is 0 Å². The van der Waals surface area contributed by atoms with Crippen LogP contribution in [0, 0.1) is 0 Å². The molecule has 0 bridgehead atoms. The summed E-state index contributed by atoms with van der Waals surface area (Å²) < 4.78 is 92.6. The van der Waals surface area contributed by atoms with Crippen molar-refractivity contribution >= 4 is 0 Å². The fraction of sp³-hybridized carbons (Fsp3) is 0.167. The van der Waals surface area contributed by atoms with Crippen molar-refractivity contribution in [3.63, 3.8) is 0 Å². The topological polar surface area (TPSA) is 18.5 Å². The van der Waals surface area contributed by atoms with E-state index in [1.54, 1.807) is 12.1 Å². The van der Waals surface area contributed by atoms with Crippen LogP contribution in [0.25, 0.3) is 22.3 Å². The molecule has 2 aliphatic rings. The standard InChI is InChI=1S/C30H20F6IO2.C6H6/c31-29(32,33)15-19-9-11-23-21-7-3-1-5-17(21)13-25(23)27(19)38-37-39-28-20(16-30(34,35)36)10-12-24-22-8-4-2-6-18(22)14-26(24)28;1-2-4-6-5-3-1/h1-12H,13-16H2;1-6H/q-1;. The van der Waals surface area contributed by atoms with E-state index in [1.807, 2.05) is 84.9 Å². The van der Waals surface area contributed by atoms with Gasteiger partial charge >= 0.3 is 232 Å². The van der Waals surface area contributed by atoms with Crippen molar-refractivity contribution < 1.29 is 54.5 Å². The molecule has 2 nitrogen and oxygen atoms in total. The minimum atomic E-state index is -4.46. The molecule has 0 unspecified atom stereocenters. The van der Waals surface area contributed by atoms with E-state index in [9.17, 15) is 26.3 Å². The van der Waals surface area contributed by atoms with E-state index >= 15 is 0 Å². The summed E-state index contributed by atoms with van der Waals surface area (Å²) in [7, 11) is 0. The maximum Gasteiger partial charge on any atom is -0.0623 e. The Hall–Kier alpha value is -3.99. The molecule has 0 amide bonds. The first kappa shape index (κ1) is 31.0. The summed E-state index contributed by atoms with van der Waals surface area (Å²) in [4.78, 5) is 0. The molecule has 0 radical (unpaired) electrons. The number of alkyl halides is 6. The minimum Gasteiger partial charge on any atom is -0.0623 e. The Morgan fingerprint density at radius 1 is 0.467 bits per heavy atom. The summed E-state index contributed by atoms with van der Waals surface area (Å²) in [5.74, 6) is 0.226. The Morgan fingerprint density at radius 3 is 1.22 bits per heavy atom. The molecule has 9 heteroatoms. The van der Waals surface area contributed by atoms with Crippen LogP contribution < -0.4 is 28.2 Å². The van der Waals surface area contributed by atoms with Crippen molar-refractivity contribution in [2.24, 2.45) is 0 Å². The van der Waals surface area contributed by atoms with Crippen LogP contribution in [-0.2, 0) is 25.7 Å². The van der Waals surface area contributed by atoms with Gasteiger partial charge in [-0.15, -0.1) is 0 Å². The van der Waals surface area contributed by atoms with Crippen LogP contribution in [0.3, 0.4) is 0 Å². The van der Waals surface area contributed by atoms with Gasteiger partial charge in [0.2, 0.25) is 0 Å². The van der Waals surface area contributed by atoms with Crippen LogP contribution in [-0.4, -0.2) is 12.4 Å². The fourth-order valence-corrected chi connectivity index (χ4v) is 7.38. The van der Waals surface area contributed by atoms with Crippen LogP contribution in [0.5, 0.6) is 11.5 Å². The summed E-state index contributed by atoms with van der Waals surface area (Å²) in [5, 5.41) is 0. The fourth-order valence-electron chi connectivity index (χ4n) is 5.83. The van der Waals surface area contributed by atoms with Crippen LogP contribution >= 0.6 is 0 Å². The first-order chi connectivity index (χ1) is 21.6. The second kappa shape index (κ2) is 12.8. The number of benzene rings is 5. The van der Waals surface area contributed by atoms with Gasteiger partial charge in [0.1, 0.15) is 0 Å². The van der Waals surface area contributed by atoms with Crippen LogP contribution in [0.15, 0.2) is 109 Å². The minimum absolute atomic E-state index is 0.0152. The molecular weight excluding hydrogens is 705 g/mol. The SMILES string of the molecule is FC(F)(F)Cc1ccc2c(c1O[I-]Oc1c(CC(F)(F)F)ccc3c1Cc1ccccc1-3)Cc1ccccc1-2.c1ccccc1. The van der Waals surface area contributed by atoms with Gasteiger partial charge in [0.15, 0.2) is 0 Å². The zero-order valence-corrected chi connectivity index (χ0v) is 25.8. The zero-order valence-electron chi connectivity index (χ0n) is 23.7. The van der Waals surface area contributed by atoms with Gasteiger partial charge < -0.3 is 0 Å². The van der Waals surface area contributed by atoms with E-state index in [0.29, 0.717) is 24.0 Å². The summed E-state index contributed by atoms with van der Waals surface area (Å²) in [5.41, 5.74) is 6.66. The van der Waals surface area contributed by atoms with Crippen LogP contribution in [0.4, 0.5) is 26.3 Å². The van der Waals surface area contributed by atoms with E-state index in [1.165, 1.54) is 12.1 Å². The molecule has 5 aromatic carbocycles. The Bertz CT molecular complexity index is 1670. The Labute approximate surface area is 268 Å². The number of fused-ring (bicyclic) bond motifs is 6. The average molecular weight is 731 g/mol. The van der Waals surface area contributed by atoms with E-state index in [2.05, 4.69) is 0 Å². The molecule has 0 atom stereocenters. The summed E-state index contributed by atoms with van der Waals surface area (Å²) in [6.07, 6.45) is -10.4. The van der Waals surface area contributed by atoms with Crippen molar-refractivity contribution in [1.29, 1.82) is 0 Å². The van der Waals surface area contributed by atoms with Gasteiger partial charge in [0.25, 0.3) is 0 Å². The molecule has 0 fully saturated rings. The first-order valence-electron chi connectivity index (χ1n) is 14.2. The smallest absolute Gasteiger partial charge is 0.0623 e. The van der Waals surface area contributed by atoms with E-state index in [0.717, 1.165) is 33.4 Å². The van der Waals surface area contributed by atoms with Gasteiger partial charge in [0.05, 0.1) is 0 Å². The molecule has 232 valence electrons. The van der Waals surface area contributed by atoms with Gasteiger partial charge in [0, 0.05) is 0 Å². The van der Waals surface area contributed by atoms with Crippen LogP contribution in [0.2, 0.25) is 0 Å². The molecular formula is C36H26F6IO2-. The normalized spacial score (nSPS) is 12.8. The molecule has 0 spiro atoms. The van der Waals surface area contributed by atoms with Gasteiger partial charge in [-0.1, -0.05) is 36.4 Å². The summed E-state index contributed by atoms with van der Waals surface area (Å²) in [6, 6.07) is 33.3. The maximum absolute atomic E-state index is 13.4. The van der Waals surface area contributed by atoms with Crippen molar-refractivity contribution in [1.82, 2.24) is 0 Å². The number of hydrogen-bond donors (Lipinski definition) is 0. The van der Waals surface area contributed by atoms with Crippen molar-refractivity contribution in [2.45, 2.75) is 38.0 Å². The molecule has 0 saturated carbocycles. The molecule has 0 aromatic heterocycles.